The van der Waals surface area contributed by atoms with Gasteiger partial charge in [0.1, 0.15) is 11.8 Å². The van der Waals surface area contributed by atoms with Crippen molar-refractivity contribution in [1.82, 2.24) is 4.90 Å². The van der Waals surface area contributed by atoms with Gasteiger partial charge in [-0.25, -0.2) is 0 Å². The van der Waals surface area contributed by atoms with Gasteiger partial charge in [0.25, 0.3) is 17.7 Å². The van der Waals surface area contributed by atoms with Gasteiger partial charge in [-0.2, -0.15) is 0 Å². The van der Waals surface area contributed by atoms with Gasteiger partial charge < -0.3 is 9.64 Å². The Balaban J connectivity index is 1.50. The normalized spacial score (nSPS) is 19.3. The summed E-state index contributed by atoms with van der Waals surface area (Å²) in [5.41, 5.74) is 2.10. The Morgan fingerprint density at radius 3 is 2.00 bits per heavy atom. The van der Waals surface area contributed by atoms with Crippen LogP contribution in [0.3, 0.4) is 0 Å². The third kappa shape index (κ3) is 3.64. The predicted molar refractivity (Wildman–Crippen MR) is 129 cm³/mol. The second-order valence-corrected chi connectivity index (χ2v) is 8.81. The van der Waals surface area contributed by atoms with E-state index in [2.05, 4.69) is 6.92 Å². The van der Waals surface area contributed by atoms with Gasteiger partial charge in [-0.1, -0.05) is 49.2 Å². The van der Waals surface area contributed by atoms with Crippen LogP contribution < -0.4 is 9.64 Å². The average Bonchev–Trinajstić information content (AvgIpc) is 3.10. The highest BCUT2D eigenvalue weighted by molar-refractivity contribution is 6.30. The van der Waals surface area contributed by atoms with Crippen LogP contribution in [0.15, 0.2) is 72.8 Å². The van der Waals surface area contributed by atoms with Gasteiger partial charge in [0.05, 0.1) is 23.8 Å². The van der Waals surface area contributed by atoms with E-state index in [1.165, 1.54) is 0 Å². The van der Waals surface area contributed by atoms with E-state index >= 15 is 0 Å². The minimum Gasteiger partial charge on any atom is -0.494 e. The molecule has 3 aromatic rings. The summed E-state index contributed by atoms with van der Waals surface area (Å²) in [5.74, 6) is -0.471. The van der Waals surface area contributed by atoms with E-state index in [1.54, 1.807) is 53.4 Å². The maximum atomic E-state index is 13.4. The molecule has 3 amide bonds. The highest BCUT2D eigenvalue weighted by Crippen LogP contribution is 2.44. The summed E-state index contributed by atoms with van der Waals surface area (Å²) in [4.78, 5) is 42.4. The van der Waals surface area contributed by atoms with Crippen molar-refractivity contribution in [2.45, 2.75) is 31.8 Å². The first-order chi connectivity index (χ1) is 16.5. The molecular weight excluding hydrogens is 452 g/mol. The summed E-state index contributed by atoms with van der Waals surface area (Å²) in [6.45, 7) is 2.73. The number of amides is 3. The van der Waals surface area contributed by atoms with Crippen LogP contribution in [0.4, 0.5) is 5.69 Å². The molecule has 6 nitrogen and oxygen atoms in total. The molecule has 2 aliphatic rings. The fraction of sp³-hybridized carbons (Fsp3) is 0.222. The van der Waals surface area contributed by atoms with E-state index in [9.17, 15) is 14.4 Å². The van der Waals surface area contributed by atoms with Gasteiger partial charge in [0.15, 0.2) is 0 Å². The highest BCUT2D eigenvalue weighted by atomic mass is 35.5. The number of unbranched alkanes of at least 4 members (excludes halogenated alkanes) is 1. The number of imide groups is 1. The Hall–Kier alpha value is -3.64. The number of halogens is 1. The van der Waals surface area contributed by atoms with Crippen molar-refractivity contribution in [3.8, 4) is 5.75 Å². The lowest BCUT2D eigenvalue weighted by Gasteiger charge is -2.49. The molecule has 34 heavy (non-hydrogen) atoms. The van der Waals surface area contributed by atoms with Crippen LogP contribution in [-0.2, 0) is 4.79 Å². The second kappa shape index (κ2) is 8.95. The minimum atomic E-state index is -0.935. The Morgan fingerprint density at radius 2 is 1.41 bits per heavy atom. The Labute approximate surface area is 202 Å². The molecule has 0 unspecified atom stereocenters. The first-order valence-corrected chi connectivity index (χ1v) is 11.7. The zero-order valence-electron chi connectivity index (χ0n) is 18.6. The first-order valence-electron chi connectivity index (χ1n) is 11.3. The van der Waals surface area contributed by atoms with Crippen molar-refractivity contribution in [2.75, 3.05) is 11.5 Å². The van der Waals surface area contributed by atoms with Crippen LogP contribution in [0.5, 0.6) is 5.75 Å². The molecule has 7 heteroatoms. The number of hydrogen-bond acceptors (Lipinski definition) is 4. The second-order valence-electron chi connectivity index (χ2n) is 8.37. The number of rotatable bonds is 7. The quantitative estimate of drug-likeness (QED) is 0.266. The summed E-state index contributed by atoms with van der Waals surface area (Å²) in [6.07, 6.45) is 2.01. The van der Waals surface area contributed by atoms with E-state index in [1.807, 2.05) is 24.3 Å². The lowest BCUT2D eigenvalue weighted by molar-refractivity contribution is -0.130. The van der Waals surface area contributed by atoms with Gasteiger partial charge >= 0.3 is 0 Å². The van der Waals surface area contributed by atoms with Crippen LogP contribution in [0.1, 0.15) is 52.1 Å². The molecule has 2 heterocycles. The van der Waals surface area contributed by atoms with E-state index in [4.69, 9.17) is 16.3 Å². The molecule has 0 aromatic heterocycles. The van der Waals surface area contributed by atoms with Gasteiger partial charge in [-0.15, -0.1) is 0 Å². The molecule has 3 aromatic carbocycles. The molecule has 0 radical (unpaired) electrons. The lowest BCUT2D eigenvalue weighted by Crippen LogP contribution is -2.67. The number of ether oxygens (including phenoxy) is 1. The van der Waals surface area contributed by atoms with Crippen LogP contribution in [0.25, 0.3) is 0 Å². The zero-order chi connectivity index (χ0) is 23.8. The van der Waals surface area contributed by atoms with Crippen molar-refractivity contribution < 1.29 is 19.1 Å². The van der Waals surface area contributed by atoms with Crippen LogP contribution in [0, 0.1) is 0 Å². The SMILES string of the molecule is CCCCOc1ccc([C@H]2[C@@H](N3C(=O)c4ccccc4C3=O)C(=O)N2c2ccc(Cl)cc2)cc1. The average molecular weight is 475 g/mol. The molecule has 5 rings (SSSR count). The third-order valence-corrected chi connectivity index (χ3v) is 6.52. The molecule has 1 fully saturated rings. The molecule has 2 aliphatic heterocycles. The number of carbonyl (C=O) groups excluding carboxylic acids is 3. The fourth-order valence-electron chi connectivity index (χ4n) is 4.50. The molecule has 0 spiro atoms. The van der Waals surface area contributed by atoms with Gasteiger partial charge in [0.2, 0.25) is 0 Å². The van der Waals surface area contributed by atoms with E-state index in [0.29, 0.717) is 28.4 Å². The number of carbonyl (C=O) groups is 3. The Bertz CT molecular complexity index is 1220. The smallest absolute Gasteiger partial charge is 0.262 e. The number of β-lactam (4-membered cyclic amide) rings is 1. The molecular formula is C27H23ClN2O4. The third-order valence-electron chi connectivity index (χ3n) is 6.26. The molecule has 0 N–H and O–H groups in total. The summed E-state index contributed by atoms with van der Waals surface area (Å²) < 4.78 is 5.77. The molecule has 172 valence electrons. The molecule has 2 atom stereocenters. The van der Waals surface area contributed by atoms with E-state index in [-0.39, 0.29) is 5.91 Å². The lowest BCUT2D eigenvalue weighted by atomic mass is 9.86. The minimum absolute atomic E-state index is 0.315. The topological polar surface area (TPSA) is 66.9 Å². The van der Waals surface area contributed by atoms with Crippen molar-refractivity contribution >= 4 is 35.0 Å². The molecule has 0 saturated carbocycles. The summed E-state index contributed by atoms with van der Waals surface area (Å²) >= 11 is 6.04. The van der Waals surface area contributed by atoms with Crippen molar-refractivity contribution in [2.24, 2.45) is 0 Å². The molecule has 0 bridgehead atoms. The Kier molecular flexibility index (Phi) is 5.84. The standard InChI is InChI=1S/C27H23ClN2O4/c1-2-3-16-34-20-14-8-17(9-15-20)23-24(27(33)29(23)19-12-10-18(28)11-13-19)30-25(31)21-6-4-5-7-22(21)26(30)32/h4-15,23-24H,2-3,16H2,1H3/t23-,24+/m0/s1. The predicted octanol–water partition coefficient (Wildman–Crippen LogP) is 5.27. The highest BCUT2D eigenvalue weighted by Gasteiger charge is 2.57. The number of fused-ring (bicyclic) bond motifs is 1. The molecule has 1 saturated heterocycles. The van der Waals surface area contributed by atoms with Crippen LogP contribution in [0.2, 0.25) is 5.02 Å². The van der Waals surface area contributed by atoms with Crippen molar-refractivity contribution in [3.63, 3.8) is 0 Å². The maximum Gasteiger partial charge on any atom is 0.262 e. The van der Waals surface area contributed by atoms with Gasteiger partial charge in [-0.3, -0.25) is 19.3 Å². The Morgan fingerprint density at radius 1 is 0.794 bits per heavy atom. The summed E-state index contributed by atoms with van der Waals surface area (Å²) in [5, 5.41) is 0.554. The fourth-order valence-corrected chi connectivity index (χ4v) is 4.63. The van der Waals surface area contributed by atoms with Gasteiger partial charge in [-0.05, 0) is 60.5 Å². The first kappa shape index (κ1) is 22.2. The number of anilines is 1. The number of nitrogens with zero attached hydrogens (tertiary/aromatic N) is 2. The van der Waals surface area contributed by atoms with Crippen molar-refractivity contribution in [1.29, 1.82) is 0 Å². The maximum absolute atomic E-state index is 13.4. The van der Waals surface area contributed by atoms with Crippen LogP contribution >= 0.6 is 11.6 Å². The molecule has 0 aliphatic carbocycles. The monoisotopic (exact) mass is 474 g/mol. The van der Waals surface area contributed by atoms with E-state index in [0.717, 1.165) is 29.1 Å². The summed E-state index contributed by atoms with van der Waals surface area (Å²) in [7, 11) is 0. The zero-order valence-corrected chi connectivity index (χ0v) is 19.4. The summed E-state index contributed by atoms with van der Waals surface area (Å²) in [6, 6.07) is 19.6. The largest absolute Gasteiger partial charge is 0.494 e. The number of benzene rings is 3. The van der Waals surface area contributed by atoms with Gasteiger partial charge in [0, 0.05) is 10.7 Å². The van der Waals surface area contributed by atoms with E-state index < -0.39 is 23.9 Å². The van der Waals surface area contributed by atoms with Crippen LogP contribution in [-0.4, -0.2) is 35.3 Å². The number of hydrogen-bond donors (Lipinski definition) is 0. The van der Waals surface area contributed by atoms with Crippen molar-refractivity contribution in [3.05, 3.63) is 94.5 Å².